The molecule has 0 bridgehead atoms. The van der Waals surface area contributed by atoms with Crippen LogP contribution in [0.2, 0.25) is 19.1 Å². The monoisotopic (exact) mass is 186 g/mol. The molecule has 0 radical (unpaired) electrons. The van der Waals surface area contributed by atoms with Crippen LogP contribution in [0.15, 0.2) is 0 Å². The van der Waals surface area contributed by atoms with Crippen molar-refractivity contribution in [3.63, 3.8) is 0 Å². The van der Waals surface area contributed by atoms with E-state index in [0.717, 1.165) is 0 Å². The van der Waals surface area contributed by atoms with Gasteiger partial charge in [-0.15, -0.1) is 0 Å². The first-order valence-corrected chi connectivity index (χ1v) is 6.50. The zero-order valence-electron chi connectivity index (χ0n) is 6.96. The molecule has 0 amide bonds. The number of rotatable bonds is 3. The van der Waals surface area contributed by atoms with E-state index < -0.39 is 20.9 Å². The largest absolute Gasteiger partial charge is 0.420 e. The van der Waals surface area contributed by atoms with Crippen LogP contribution in [0.3, 0.4) is 0 Å². The average molecular weight is 186 g/mol. The predicted molar refractivity (Wildman–Crippen MR) is 40.0 cm³/mol. The van der Waals surface area contributed by atoms with E-state index in [9.17, 15) is 13.2 Å². The summed E-state index contributed by atoms with van der Waals surface area (Å²) in [7, 11) is -0.532. The standard InChI is InChI=1S/C6H13F3OSi/c1-10-11(2,3)5-4-6(7,8)9/h4-5H2,1-3H3. The Balaban J connectivity index is 3.70. The van der Waals surface area contributed by atoms with Gasteiger partial charge in [-0.3, -0.25) is 0 Å². The van der Waals surface area contributed by atoms with E-state index in [4.69, 9.17) is 4.43 Å². The van der Waals surface area contributed by atoms with Crippen LogP contribution in [0.4, 0.5) is 13.2 Å². The van der Waals surface area contributed by atoms with E-state index in [1.165, 1.54) is 7.11 Å². The van der Waals surface area contributed by atoms with Gasteiger partial charge < -0.3 is 4.43 Å². The summed E-state index contributed by atoms with van der Waals surface area (Å²) in [5.41, 5.74) is 0. The lowest BCUT2D eigenvalue weighted by molar-refractivity contribution is -0.131. The molecule has 0 aromatic heterocycles. The van der Waals surface area contributed by atoms with Gasteiger partial charge in [0.25, 0.3) is 0 Å². The number of hydrogen-bond acceptors (Lipinski definition) is 1. The second-order valence-electron chi connectivity index (χ2n) is 3.08. The molecule has 68 valence electrons. The summed E-state index contributed by atoms with van der Waals surface area (Å²) >= 11 is 0. The van der Waals surface area contributed by atoms with Crippen molar-refractivity contribution < 1.29 is 17.6 Å². The zero-order chi connectivity index (χ0) is 9.12. The van der Waals surface area contributed by atoms with Gasteiger partial charge in [-0.2, -0.15) is 13.2 Å². The van der Waals surface area contributed by atoms with Crippen LogP contribution < -0.4 is 0 Å². The third-order valence-corrected chi connectivity index (χ3v) is 4.12. The first kappa shape index (κ1) is 11.0. The zero-order valence-corrected chi connectivity index (χ0v) is 7.96. The Labute approximate surface area is 65.7 Å². The van der Waals surface area contributed by atoms with E-state index in [0.29, 0.717) is 0 Å². The summed E-state index contributed by atoms with van der Waals surface area (Å²) < 4.78 is 40.0. The van der Waals surface area contributed by atoms with Crippen LogP contribution in [0, 0.1) is 0 Å². The average Bonchev–Trinajstić information content (AvgIpc) is 1.83. The molecule has 0 rings (SSSR count). The number of halogens is 3. The first-order chi connectivity index (χ1) is 4.77. The van der Waals surface area contributed by atoms with Crippen LogP contribution in [0.5, 0.6) is 0 Å². The molecule has 0 aromatic carbocycles. The minimum atomic E-state index is -4.04. The van der Waals surface area contributed by atoms with E-state index in [2.05, 4.69) is 0 Å². The minimum Gasteiger partial charge on any atom is -0.420 e. The van der Waals surface area contributed by atoms with Crippen molar-refractivity contribution in [3.8, 4) is 0 Å². The fourth-order valence-corrected chi connectivity index (χ4v) is 1.63. The van der Waals surface area contributed by atoms with Gasteiger partial charge in [0.1, 0.15) is 0 Å². The molecule has 0 aliphatic carbocycles. The van der Waals surface area contributed by atoms with Gasteiger partial charge in [-0.25, -0.2) is 0 Å². The fourth-order valence-electron chi connectivity index (χ4n) is 0.545. The summed E-state index contributed by atoms with van der Waals surface area (Å²) in [4.78, 5) is 0. The molecule has 0 spiro atoms. The second-order valence-corrected chi connectivity index (χ2v) is 7.51. The lowest BCUT2D eigenvalue weighted by Gasteiger charge is -2.20. The number of hydrogen-bond donors (Lipinski definition) is 0. The van der Waals surface area contributed by atoms with E-state index in [1.807, 2.05) is 0 Å². The van der Waals surface area contributed by atoms with E-state index in [1.54, 1.807) is 13.1 Å². The van der Waals surface area contributed by atoms with Crippen molar-refractivity contribution in [2.45, 2.75) is 31.7 Å². The molecule has 0 unspecified atom stereocenters. The van der Waals surface area contributed by atoms with Crippen molar-refractivity contribution in [2.75, 3.05) is 7.11 Å². The van der Waals surface area contributed by atoms with Gasteiger partial charge in [0, 0.05) is 13.5 Å². The van der Waals surface area contributed by atoms with Gasteiger partial charge in [0.15, 0.2) is 8.32 Å². The Hall–Kier alpha value is -0.0331. The van der Waals surface area contributed by atoms with Crippen LogP contribution in [-0.4, -0.2) is 21.6 Å². The van der Waals surface area contributed by atoms with Gasteiger partial charge in [0.2, 0.25) is 0 Å². The van der Waals surface area contributed by atoms with Crippen LogP contribution in [0.1, 0.15) is 6.42 Å². The smallest absolute Gasteiger partial charge is 0.388 e. The van der Waals surface area contributed by atoms with Gasteiger partial charge in [-0.1, -0.05) is 0 Å². The summed E-state index contributed by atoms with van der Waals surface area (Å²) in [6.07, 6.45) is -4.76. The Morgan fingerprint density at radius 2 is 1.73 bits per heavy atom. The lowest BCUT2D eigenvalue weighted by atomic mass is 10.5. The molecule has 0 heterocycles. The summed E-state index contributed by atoms with van der Waals surface area (Å²) in [6, 6.07) is 0.146. The molecular formula is C6H13F3OSi. The van der Waals surface area contributed by atoms with Crippen molar-refractivity contribution in [2.24, 2.45) is 0 Å². The molecule has 11 heavy (non-hydrogen) atoms. The predicted octanol–water partition coefficient (Wildman–Crippen LogP) is 2.79. The highest BCUT2D eigenvalue weighted by atomic mass is 28.4. The molecule has 0 saturated heterocycles. The van der Waals surface area contributed by atoms with Gasteiger partial charge in [0.05, 0.1) is 0 Å². The Bertz CT molecular complexity index is 121. The van der Waals surface area contributed by atoms with Crippen molar-refractivity contribution in [1.82, 2.24) is 0 Å². The normalized spacial score (nSPS) is 13.6. The molecule has 1 nitrogen and oxygen atoms in total. The third-order valence-electron chi connectivity index (χ3n) is 1.56. The Morgan fingerprint density at radius 3 is 2.00 bits per heavy atom. The van der Waals surface area contributed by atoms with Gasteiger partial charge in [-0.05, 0) is 19.1 Å². The highest BCUT2D eigenvalue weighted by molar-refractivity contribution is 6.71. The van der Waals surface area contributed by atoms with Gasteiger partial charge >= 0.3 is 6.18 Å². The Kier molecular flexibility index (Phi) is 3.57. The molecule has 0 atom stereocenters. The second kappa shape index (κ2) is 3.58. The molecule has 0 aromatic rings. The first-order valence-electron chi connectivity index (χ1n) is 3.39. The van der Waals surface area contributed by atoms with Crippen LogP contribution in [-0.2, 0) is 4.43 Å². The maximum Gasteiger partial charge on any atom is 0.388 e. The maximum absolute atomic E-state index is 11.7. The highest BCUT2D eigenvalue weighted by Gasteiger charge is 2.32. The van der Waals surface area contributed by atoms with Crippen molar-refractivity contribution in [3.05, 3.63) is 0 Å². The molecular weight excluding hydrogens is 173 g/mol. The molecule has 0 aliphatic heterocycles. The Morgan fingerprint density at radius 1 is 1.27 bits per heavy atom. The summed E-state index contributed by atoms with van der Waals surface area (Å²) in [5, 5.41) is 0. The summed E-state index contributed by atoms with van der Waals surface area (Å²) in [5.74, 6) is 0. The van der Waals surface area contributed by atoms with Crippen LogP contribution >= 0.6 is 0 Å². The fraction of sp³-hybridized carbons (Fsp3) is 1.00. The number of alkyl halides is 3. The van der Waals surface area contributed by atoms with E-state index >= 15 is 0 Å². The third kappa shape index (κ3) is 6.37. The van der Waals surface area contributed by atoms with Crippen molar-refractivity contribution in [1.29, 1.82) is 0 Å². The molecule has 0 aliphatic rings. The summed E-state index contributed by atoms with van der Waals surface area (Å²) in [6.45, 7) is 3.55. The molecule has 5 heteroatoms. The maximum atomic E-state index is 11.7. The molecule has 0 saturated carbocycles. The minimum absolute atomic E-state index is 0.146. The SMILES string of the molecule is CO[Si](C)(C)CCC(F)(F)F. The van der Waals surface area contributed by atoms with E-state index in [-0.39, 0.29) is 6.04 Å². The topological polar surface area (TPSA) is 9.23 Å². The molecule has 0 fully saturated rings. The molecule has 0 N–H and O–H groups in total. The highest BCUT2D eigenvalue weighted by Crippen LogP contribution is 2.25. The lowest BCUT2D eigenvalue weighted by Crippen LogP contribution is -2.30. The quantitative estimate of drug-likeness (QED) is 0.616. The van der Waals surface area contributed by atoms with Crippen molar-refractivity contribution >= 4 is 8.32 Å². The van der Waals surface area contributed by atoms with Crippen LogP contribution in [0.25, 0.3) is 0 Å².